The lowest BCUT2D eigenvalue weighted by atomic mass is 10.1. The predicted octanol–water partition coefficient (Wildman–Crippen LogP) is 1.76. The third-order valence-corrected chi connectivity index (χ3v) is 3.68. The zero-order valence-electron chi connectivity index (χ0n) is 14.1. The molecule has 2 N–H and O–H groups in total. The van der Waals surface area contributed by atoms with Gasteiger partial charge in [0.1, 0.15) is 0 Å². The van der Waals surface area contributed by atoms with Gasteiger partial charge in [-0.25, -0.2) is 4.99 Å². The van der Waals surface area contributed by atoms with Crippen molar-refractivity contribution in [2.75, 3.05) is 39.4 Å². The first kappa shape index (κ1) is 17.5. The zero-order chi connectivity index (χ0) is 16.3. The number of guanidine groups is 1. The maximum atomic E-state index is 5.40. The molecule has 1 saturated heterocycles. The molecule has 0 unspecified atom stereocenters. The van der Waals surface area contributed by atoms with Gasteiger partial charge in [0.15, 0.2) is 5.96 Å². The Morgan fingerprint density at radius 1 is 1.30 bits per heavy atom. The molecular weight excluding hydrogens is 288 g/mol. The highest BCUT2D eigenvalue weighted by Crippen LogP contribution is 2.10. The molecule has 0 aromatic heterocycles. The molecule has 126 valence electrons. The maximum Gasteiger partial charge on any atom is 0.191 e. The molecule has 5 heteroatoms. The lowest BCUT2D eigenvalue weighted by molar-refractivity contribution is 0.0342. The summed E-state index contributed by atoms with van der Waals surface area (Å²) in [6.07, 6.45) is 1.83. The van der Waals surface area contributed by atoms with Crippen molar-refractivity contribution in [2.45, 2.75) is 20.0 Å². The second-order valence-electron chi connectivity index (χ2n) is 5.57. The standard InChI is InChI=1S/C18H28N4O/c1-3-8-20-18(19-4-2)21-14-16-6-5-7-17(13-16)15-22-9-11-23-12-10-22/h3,5-7,13H,1,4,8-12,14-15H2,2H3,(H2,19,20,21). The molecule has 2 rings (SSSR count). The van der Waals surface area contributed by atoms with Crippen molar-refractivity contribution < 1.29 is 4.74 Å². The van der Waals surface area contributed by atoms with Crippen molar-refractivity contribution >= 4 is 5.96 Å². The second-order valence-corrected chi connectivity index (χ2v) is 5.57. The molecule has 0 atom stereocenters. The summed E-state index contributed by atoms with van der Waals surface area (Å²) < 4.78 is 5.40. The van der Waals surface area contributed by atoms with Crippen molar-refractivity contribution in [1.82, 2.24) is 15.5 Å². The van der Waals surface area contributed by atoms with E-state index < -0.39 is 0 Å². The predicted molar refractivity (Wildman–Crippen MR) is 95.6 cm³/mol. The summed E-state index contributed by atoms with van der Waals surface area (Å²) in [6, 6.07) is 8.67. The smallest absolute Gasteiger partial charge is 0.191 e. The summed E-state index contributed by atoms with van der Waals surface area (Å²) in [7, 11) is 0. The molecule has 1 fully saturated rings. The topological polar surface area (TPSA) is 48.9 Å². The van der Waals surface area contributed by atoms with E-state index in [4.69, 9.17) is 4.74 Å². The molecule has 5 nitrogen and oxygen atoms in total. The monoisotopic (exact) mass is 316 g/mol. The Labute approximate surface area is 139 Å². The van der Waals surface area contributed by atoms with Crippen LogP contribution in [0.15, 0.2) is 41.9 Å². The van der Waals surface area contributed by atoms with Gasteiger partial charge < -0.3 is 15.4 Å². The Bertz CT molecular complexity index is 509. The van der Waals surface area contributed by atoms with E-state index in [0.717, 1.165) is 45.4 Å². The molecule has 0 saturated carbocycles. The van der Waals surface area contributed by atoms with Gasteiger partial charge >= 0.3 is 0 Å². The van der Waals surface area contributed by atoms with Crippen LogP contribution in [0.4, 0.5) is 0 Å². The molecule has 0 radical (unpaired) electrons. The molecule has 0 spiro atoms. The van der Waals surface area contributed by atoms with Crippen molar-refractivity contribution in [2.24, 2.45) is 4.99 Å². The highest BCUT2D eigenvalue weighted by molar-refractivity contribution is 5.79. The Hall–Kier alpha value is -1.85. The van der Waals surface area contributed by atoms with Gasteiger partial charge in [-0.1, -0.05) is 30.3 Å². The van der Waals surface area contributed by atoms with Gasteiger partial charge in [-0.05, 0) is 18.1 Å². The van der Waals surface area contributed by atoms with E-state index in [2.05, 4.69) is 58.3 Å². The van der Waals surface area contributed by atoms with Gasteiger partial charge in [-0.2, -0.15) is 0 Å². The van der Waals surface area contributed by atoms with Gasteiger partial charge in [0.25, 0.3) is 0 Å². The van der Waals surface area contributed by atoms with Crippen molar-refractivity contribution in [3.8, 4) is 0 Å². The molecule has 1 aliphatic heterocycles. The summed E-state index contributed by atoms with van der Waals surface area (Å²) >= 11 is 0. The third kappa shape index (κ3) is 6.42. The van der Waals surface area contributed by atoms with E-state index in [1.54, 1.807) is 0 Å². The number of benzene rings is 1. The number of hydrogen-bond donors (Lipinski definition) is 2. The van der Waals surface area contributed by atoms with Crippen LogP contribution >= 0.6 is 0 Å². The van der Waals surface area contributed by atoms with Crippen LogP contribution in [0.3, 0.4) is 0 Å². The van der Waals surface area contributed by atoms with E-state index in [1.807, 2.05) is 6.08 Å². The Balaban J connectivity index is 1.93. The van der Waals surface area contributed by atoms with E-state index in [1.165, 1.54) is 11.1 Å². The zero-order valence-corrected chi connectivity index (χ0v) is 14.1. The SMILES string of the molecule is C=CCNC(=NCc1cccc(CN2CCOCC2)c1)NCC. The van der Waals surface area contributed by atoms with Gasteiger partial charge in [0, 0.05) is 32.7 Å². The molecule has 0 amide bonds. The number of nitrogens with one attached hydrogen (secondary N) is 2. The third-order valence-electron chi connectivity index (χ3n) is 3.68. The molecule has 1 aliphatic rings. The summed E-state index contributed by atoms with van der Waals surface area (Å²) in [6.45, 7) is 12.7. The first-order valence-corrected chi connectivity index (χ1v) is 8.33. The van der Waals surface area contributed by atoms with Crippen LogP contribution in [0.2, 0.25) is 0 Å². The maximum absolute atomic E-state index is 5.40. The average Bonchev–Trinajstić information content (AvgIpc) is 2.59. The van der Waals surface area contributed by atoms with Gasteiger partial charge in [0.05, 0.1) is 19.8 Å². The van der Waals surface area contributed by atoms with Crippen LogP contribution in [0.5, 0.6) is 0 Å². The fraction of sp³-hybridized carbons (Fsp3) is 0.500. The van der Waals surface area contributed by atoms with E-state index >= 15 is 0 Å². The van der Waals surface area contributed by atoms with Gasteiger partial charge in [-0.3, -0.25) is 4.90 Å². The molecule has 0 aliphatic carbocycles. The number of aliphatic imine (C=N–C) groups is 1. The fourth-order valence-corrected chi connectivity index (χ4v) is 2.52. The molecule has 1 heterocycles. The highest BCUT2D eigenvalue weighted by atomic mass is 16.5. The second kappa shape index (κ2) is 10.0. The largest absolute Gasteiger partial charge is 0.379 e. The number of hydrogen-bond acceptors (Lipinski definition) is 3. The summed E-state index contributed by atoms with van der Waals surface area (Å²) in [4.78, 5) is 7.05. The van der Waals surface area contributed by atoms with Crippen molar-refractivity contribution in [3.63, 3.8) is 0 Å². The molecule has 0 bridgehead atoms. The Kier molecular flexibility index (Phi) is 7.63. The van der Waals surface area contributed by atoms with Crippen LogP contribution in [0.25, 0.3) is 0 Å². The number of ether oxygens (including phenoxy) is 1. The molecular formula is C18H28N4O. The lowest BCUT2D eigenvalue weighted by Crippen LogP contribution is -2.37. The van der Waals surface area contributed by atoms with Crippen LogP contribution in [0.1, 0.15) is 18.1 Å². The number of morpholine rings is 1. The summed E-state index contributed by atoms with van der Waals surface area (Å²) in [5.41, 5.74) is 2.57. The van der Waals surface area contributed by atoms with Crippen molar-refractivity contribution in [3.05, 3.63) is 48.0 Å². The van der Waals surface area contributed by atoms with Crippen LogP contribution in [0, 0.1) is 0 Å². The quantitative estimate of drug-likeness (QED) is 0.457. The van der Waals surface area contributed by atoms with E-state index in [9.17, 15) is 0 Å². The Morgan fingerprint density at radius 2 is 2.09 bits per heavy atom. The van der Waals surface area contributed by atoms with Crippen LogP contribution in [-0.4, -0.2) is 50.3 Å². The minimum Gasteiger partial charge on any atom is -0.379 e. The normalized spacial score (nSPS) is 16.1. The molecule has 1 aromatic carbocycles. The van der Waals surface area contributed by atoms with E-state index in [-0.39, 0.29) is 0 Å². The fourth-order valence-electron chi connectivity index (χ4n) is 2.52. The molecule has 23 heavy (non-hydrogen) atoms. The van der Waals surface area contributed by atoms with Crippen molar-refractivity contribution in [1.29, 1.82) is 0 Å². The number of rotatable bonds is 7. The van der Waals surface area contributed by atoms with E-state index in [0.29, 0.717) is 13.1 Å². The van der Waals surface area contributed by atoms with Gasteiger partial charge in [0.2, 0.25) is 0 Å². The first-order valence-electron chi connectivity index (χ1n) is 8.33. The number of nitrogens with zero attached hydrogens (tertiary/aromatic N) is 2. The molecule has 1 aromatic rings. The van der Waals surface area contributed by atoms with Gasteiger partial charge in [-0.15, -0.1) is 6.58 Å². The summed E-state index contributed by atoms with van der Waals surface area (Å²) in [5, 5.41) is 6.46. The Morgan fingerprint density at radius 3 is 2.83 bits per heavy atom. The highest BCUT2D eigenvalue weighted by Gasteiger charge is 2.10. The minimum atomic E-state index is 0.670. The lowest BCUT2D eigenvalue weighted by Gasteiger charge is -2.26. The minimum absolute atomic E-state index is 0.670. The first-order chi connectivity index (χ1) is 11.3. The average molecular weight is 316 g/mol. The van der Waals surface area contributed by atoms with Crippen LogP contribution < -0.4 is 10.6 Å². The van der Waals surface area contributed by atoms with Crippen LogP contribution in [-0.2, 0) is 17.8 Å². The summed E-state index contributed by atoms with van der Waals surface area (Å²) in [5.74, 6) is 0.825.